The van der Waals surface area contributed by atoms with Crippen LogP contribution in [0.25, 0.3) is 27.8 Å². The van der Waals surface area contributed by atoms with Crippen LogP contribution in [0.5, 0.6) is 17.2 Å². The molecule has 3 heterocycles. The highest BCUT2D eigenvalue weighted by Crippen LogP contribution is 2.39. The van der Waals surface area contributed by atoms with Crippen molar-refractivity contribution in [2.75, 3.05) is 7.11 Å². The first kappa shape index (κ1) is 32.0. The van der Waals surface area contributed by atoms with Crippen LogP contribution in [-0.4, -0.2) is 22.8 Å². The number of carbonyl (C=O) groups excluding carboxylic acids is 1. The number of carbonyl (C=O) groups is 1. The van der Waals surface area contributed by atoms with Gasteiger partial charge in [-0.05, 0) is 83.1 Å². The fourth-order valence-corrected chi connectivity index (χ4v) is 5.90. The van der Waals surface area contributed by atoms with E-state index in [0.717, 1.165) is 44.5 Å². The number of nitriles is 1. The van der Waals surface area contributed by atoms with Crippen LogP contribution in [-0.2, 0) is 13.2 Å². The van der Waals surface area contributed by atoms with Crippen LogP contribution in [0, 0.1) is 25.2 Å². The first-order valence-corrected chi connectivity index (χ1v) is 15.5. The number of hydrogen-bond donors (Lipinski definition) is 0. The monoisotopic (exact) mass is 655 g/mol. The van der Waals surface area contributed by atoms with Crippen molar-refractivity contribution in [1.29, 1.82) is 5.26 Å². The number of fused-ring (bicyclic) bond motifs is 1. The van der Waals surface area contributed by atoms with Crippen LogP contribution in [0.2, 0.25) is 5.02 Å². The van der Waals surface area contributed by atoms with Gasteiger partial charge in [0.25, 0.3) is 5.56 Å². The van der Waals surface area contributed by atoms with Crippen molar-refractivity contribution in [3.8, 4) is 45.6 Å². The van der Waals surface area contributed by atoms with Crippen LogP contribution < -0.4 is 19.8 Å². The quantitative estimate of drug-likeness (QED) is 0.137. The summed E-state index contributed by atoms with van der Waals surface area (Å²) in [6.45, 7) is 4.60. The predicted molar refractivity (Wildman–Crippen MR) is 185 cm³/mol. The number of benzene rings is 3. The molecule has 0 aliphatic heterocycles. The molecule has 6 aromatic rings. The zero-order valence-electron chi connectivity index (χ0n) is 26.5. The first-order chi connectivity index (χ1) is 23.3. The molecule has 48 heavy (non-hydrogen) atoms. The van der Waals surface area contributed by atoms with Gasteiger partial charge in [0.15, 0.2) is 17.8 Å². The van der Waals surface area contributed by atoms with Crippen molar-refractivity contribution in [3.05, 3.63) is 146 Å². The molecule has 6 rings (SSSR count). The number of pyridine rings is 3. The Bertz CT molecular complexity index is 2290. The fraction of sp³-hybridized carbons (Fsp3) is 0.128. The molecule has 9 heteroatoms. The molecule has 0 N–H and O–H groups in total. The van der Waals surface area contributed by atoms with Gasteiger partial charge in [0, 0.05) is 41.8 Å². The van der Waals surface area contributed by atoms with Crippen molar-refractivity contribution in [2.45, 2.75) is 27.1 Å². The molecule has 0 spiro atoms. The Balaban J connectivity index is 1.25. The van der Waals surface area contributed by atoms with Gasteiger partial charge in [-0.1, -0.05) is 48.0 Å². The minimum Gasteiger partial charge on any atom is -0.493 e. The van der Waals surface area contributed by atoms with Gasteiger partial charge < -0.3 is 14.2 Å². The topological polar surface area (TPSA) is 103 Å². The zero-order chi connectivity index (χ0) is 33.8. The van der Waals surface area contributed by atoms with E-state index in [1.807, 2.05) is 30.3 Å². The van der Waals surface area contributed by atoms with Gasteiger partial charge >= 0.3 is 0 Å². The Kier molecular flexibility index (Phi) is 9.24. The van der Waals surface area contributed by atoms with Crippen LogP contribution in [0.15, 0.2) is 102 Å². The maximum atomic E-state index is 12.6. The molecule has 0 saturated heterocycles. The van der Waals surface area contributed by atoms with E-state index in [0.29, 0.717) is 39.6 Å². The minimum absolute atomic E-state index is 0.123. The predicted octanol–water partition coefficient (Wildman–Crippen LogP) is 8.15. The van der Waals surface area contributed by atoms with E-state index in [9.17, 15) is 14.9 Å². The molecule has 0 radical (unpaired) electrons. The Morgan fingerprint density at radius 3 is 2.38 bits per heavy atom. The lowest BCUT2D eigenvalue weighted by molar-refractivity contribution is 0.112. The van der Waals surface area contributed by atoms with E-state index in [-0.39, 0.29) is 24.3 Å². The largest absolute Gasteiger partial charge is 0.493 e. The maximum Gasteiger partial charge on any atom is 0.265 e. The summed E-state index contributed by atoms with van der Waals surface area (Å²) < 4.78 is 19.2. The highest BCUT2D eigenvalue weighted by Gasteiger charge is 2.16. The molecule has 3 aromatic heterocycles. The van der Waals surface area contributed by atoms with E-state index in [2.05, 4.69) is 43.1 Å². The van der Waals surface area contributed by atoms with E-state index in [1.54, 1.807) is 42.7 Å². The number of aromatic nitrogens is 2. The fourth-order valence-electron chi connectivity index (χ4n) is 5.69. The molecule has 0 amide bonds. The molecule has 0 unspecified atom stereocenters. The lowest BCUT2D eigenvalue weighted by atomic mass is 9.89. The molecule has 0 fully saturated rings. The van der Waals surface area contributed by atoms with Crippen molar-refractivity contribution >= 4 is 23.4 Å². The summed E-state index contributed by atoms with van der Waals surface area (Å²) in [5, 5.41) is 9.56. The molecule has 0 atom stereocenters. The Hall–Kier alpha value is -5.91. The van der Waals surface area contributed by atoms with Crippen molar-refractivity contribution in [3.63, 3.8) is 0 Å². The molecule has 0 aliphatic carbocycles. The zero-order valence-corrected chi connectivity index (χ0v) is 27.2. The lowest BCUT2D eigenvalue weighted by Crippen LogP contribution is -2.17. The number of methoxy groups -OCH3 is 1. The summed E-state index contributed by atoms with van der Waals surface area (Å²) >= 11 is 6.59. The smallest absolute Gasteiger partial charge is 0.265 e. The van der Waals surface area contributed by atoms with Crippen LogP contribution in [0.4, 0.5) is 0 Å². The SMILES string of the molecule is COc1cc(Cl)c(OCc2cccc(-c3cccc(-c4ccn5c(=O)c(C=O)ccc5c4)c3C)c2C)cc1OCc1cncc(C#N)c1. The van der Waals surface area contributed by atoms with Crippen molar-refractivity contribution < 1.29 is 19.0 Å². The molecule has 238 valence electrons. The summed E-state index contributed by atoms with van der Waals surface area (Å²) in [6, 6.07) is 26.6. The number of halogens is 1. The summed E-state index contributed by atoms with van der Waals surface area (Å²) in [5.41, 5.74) is 8.97. The number of rotatable bonds is 10. The summed E-state index contributed by atoms with van der Waals surface area (Å²) in [7, 11) is 1.54. The minimum atomic E-state index is -0.339. The van der Waals surface area contributed by atoms with Crippen LogP contribution in [0.3, 0.4) is 0 Å². The van der Waals surface area contributed by atoms with E-state index in [4.69, 9.17) is 25.8 Å². The second-order valence-corrected chi connectivity index (χ2v) is 11.6. The van der Waals surface area contributed by atoms with Gasteiger partial charge in [-0.25, -0.2) is 0 Å². The number of aldehydes is 1. The maximum absolute atomic E-state index is 12.6. The number of hydrogen-bond acceptors (Lipinski definition) is 7. The van der Waals surface area contributed by atoms with Crippen molar-refractivity contribution in [2.24, 2.45) is 0 Å². The Labute approximate surface area is 282 Å². The van der Waals surface area contributed by atoms with Crippen LogP contribution in [0.1, 0.15) is 38.2 Å². The molecule has 0 bridgehead atoms. The van der Waals surface area contributed by atoms with Crippen molar-refractivity contribution in [1.82, 2.24) is 9.38 Å². The standard InChI is InChI=1S/C39H30ClN3O5/c1-24-30(23-48-36-17-38(37(46-3)16-35(36)40)47-22-27-14-26(18-41)19-42-20-27)6-4-8-33(24)34-9-5-7-32(25(34)2)28-12-13-43-31(15-28)11-10-29(21-44)39(43)45/h4-17,19-21H,22-23H2,1-3H3. The summed E-state index contributed by atoms with van der Waals surface area (Å²) in [5.74, 6) is 1.34. The van der Waals surface area contributed by atoms with Gasteiger partial charge in [-0.15, -0.1) is 0 Å². The molecule has 0 aliphatic rings. The van der Waals surface area contributed by atoms with Gasteiger partial charge in [-0.3, -0.25) is 19.0 Å². The molecule has 0 saturated carbocycles. The van der Waals surface area contributed by atoms with E-state index >= 15 is 0 Å². The van der Waals surface area contributed by atoms with E-state index < -0.39 is 0 Å². The second kappa shape index (κ2) is 13.8. The molecule has 8 nitrogen and oxygen atoms in total. The third-order valence-corrected chi connectivity index (χ3v) is 8.61. The summed E-state index contributed by atoms with van der Waals surface area (Å²) in [4.78, 5) is 27.9. The second-order valence-electron chi connectivity index (χ2n) is 11.2. The average molecular weight is 656 g/mol. The number of ether oxygens (including phenoxy) is 3. The molecule has 3 aromatic carbocycles. The molecular formula is C39H30ClN3O5. The third-order valence-electron chi connectivity index (χ3n) is 8.31. The van der Waals surface area contributed by atoms with Gasteiger partial charge in [0.2, 0.25) is 0 Å². The highest BCUT2D eigenvalue weighted by atomic mass is 35.5. The number of nitrogens with zero attached hydrogens (tertiary/aromatic N) is 3. The highest BCUT2D eigenvalue weighted by molar-refractivity contribution is 6.32. The third kappa shape index (κ3) is 6.37. The lowest BCUT2D eigenvalue weighted by Gasteiger charge is -2.18. The Morgan fingerprint density at radius 1 is 0.854 bits per heavy atom. The normalized spacial score (nSPS) is 10.8. The van der Waals surface area contributed by atoms with Gasteiger partial charge in [0.05, 0.1) is 23.3 Å². The average Bonchev–Trinajstić information content (AvgIpc) is 3.11. The summed E-state index contributed by atoms with van der Waals surface area (Å²) in [6.07, 6.45) is 5.42. The van der Waals surface area contributed by atoms with Crippen LogP contribution >= 0.6 is 11.6 Å². The van der Waals surface area contributed by atoms with Gasteiger partial charge in [0.1, 0.15) is 25.0 Å². The Morgan fingerprint density at radius 2 is 1.60 bits per heavy atom. The van der Waals surface area contributed by atoms with Gasteiger partial charge in [-0.2, -0.15) is 5.26 Å². The molecular weight excluding hydrogens is 626 g/mol. The van der Waals surface area contributed by atoms with E-state index in [1.165, 1.54) is 17.7 Å². The first-order valence-electron chi connectivity index (χ1n) is 15.1.